The quantitative estimate of drug-likeness (QED) is 0.0832. The standard InChI is InChI=1S/C52H80O11/c1-12-38(34(8)44(54)35(9)46-31(5)21-22-41(60-46)40(14-3)45(55)48(56)58-30-37-19-17-16-18-20-37)39(13-2)47-32(6)29-33(7)51(61-47)26-23-42(53)52(63-51)28-27-49(11,62-52)43-24-25-50(57,15-4)36(10)59-43/h12,16-20,23,26,31-36,38-44,46-47,53-54,57H,1,13-15,21-22,24-25,27-30H2,2-11H3/t31-,32-,33+,34+,35-,36-,38?,39-,40?,41+,42+,43+,44+,46?,47-,49-,50+,51-,52-/m0/s1. The number of allylic oxidation sites excluding steroid dienone is 1. The fourth-order valence-electron chi connectivity index (χ4n) is 12.1. The van der Waals surface area contributed by atoms with Crippen molar-refractivity contribution in [1.29, 1.82) is 0 Å². The first-order chi connectivity index (χ1) is 29.8. The number of hydrogen-bond acceptors (Lipinski definition) is 11. The Morgan fingerprint density at radius 1 is 0.937 bits per heavy atom. The molecule has 0 amide bonds. The van der Waals surface area contributed by atoms with E-state index in [1.165, 1.54) is 0 Å². The van der Waals surface area contributed by atoms with Crippen molar-refractivity contribution in [2.24, 2.45) is 47.3 Å². The molecule has 3 N–H and O–H groups in total. The van der Waals surface area contributed by atoms with Crippen molar-refractivity contribution >= 4 is 11.8 Å². The molecule has 1 aromatic rings. The minimum Gasteiger partial charge on any atom is -0.455 e. The summed E-state index contributed by atoms with van der Waals surface area (Å²) in [5.74, 6) is -4.93. The Kier molecular flexibility index (Phi) is 16.0. The first kappa shape index (κ1) is 49.9. The molecular weight excluding hydrogens is 801 g/mol. The summed E-state index contributed by atoms with van der Waals surface area (Å²) in [6, 6.07) is 9.32. The molecule has 0 aliphatic carbocycles. The summed E-state index contributed by atoms with van der Waals surface area (Å²) in [7, 11) is 0. The van der Waals surface area contributed by atoms with Gasteiger partial charge in [-0.15, -0.1) is 6.58 Å². The summed E-state index contributed by atoms with van der Waals surface area (Å²) >= 11 is 0. The SMILES string of the molecule is C=CC([C@@H](C)[C@@H](O)[C@H](C)C1O[C@@H](C(CC)C(=O)C(=O)OCc2ccccc2)CC[C@@H]1C)[C@H](CC)[C@H]1O[C@]2(C=C[C@@H](O)[C@]3(CC[C@@](C)([C@H]4CC[C@](O)(CC)[C@H](C)O4)O3)O2)[C@H](C)C[C@@H]1C. The fraction of sp³-hybridized carbons (Fsp3) is 0.769. The average Bonchev–Trinajstić information content (AvgIpc) is 3.62. The van der Waals surface area contributed by atoms with Crippen molar-refractivity contribution in [3.8, 4) is 0 Å². The fourth-order valence-corrected chi connectivity index (χ4v) is 12.1. The number of Topliss-reactive ketones (excluding diaryl/α,β-unsaturated/α-hetero) is 1. The van der Waals surface area contributed by atoms with E-state index in [1.54, 1.807) is 6.08 Å². The molecule has 4 fully saturated rings. The Labute approximate surface area is 377 Å². The maximum absolute atomic E-state index is 13.5. The Balaban J connectivity index is 1.14. The van der Waals surface area contributed by atoms with Gasteiger partial charge in [0, 0.05) is 18.3 Å². The number of esters is 1. The zero-order valence-corrected chi connectivity index (χ0v) is 39.9. The van der Waals surface area contributed by atoms with Gasteiger partial charge in [0.05, 0.1) is 53.7 Å². The predicted octanol–water partition coefficient (Wildman–Crippen LogP) is 8.65. The summed E-state index contributed by atoms with van der Waals surface area (Å²) in [6.07, 6.45) is 8.64. The smallest absolute Gasteiger partial charge is 0.375 e. The van der Waals surface area contributed by atoms with Crippen molar-refractivity contribution in [3.63, 3.8) is 0 Å². The number of rotatable bonds is 16. The zero-order chi connectivity index (χ0) is 46.1. The number of carbonyl (C=O) groups excluding carboxylic acids is 2. The second-order valence-electron chi connectivity index (χ2n) is 20.5. The first-order valence-corrected chi connectivity index (χ1v) is 24.4. The van der Waals surface area contributed by atoms with Gasteiger partial charge in [-0.1, -0.05) is 98.2 Å². The normalized spacial score (nSPS) is 41.1. The van der Waals surface area contributed by atoms with Crippen LogP contribution < -0.4 is 0 Å². The molecule has 0 radical (unpaired) electrons. The van der Waals surface area contributed by atoms with E-state index in [0.29, 0.717) is 44.9 Å². The van der Waals surface area contributed by atoms with Crippen molar-refractivity contribution in [2.75, 3.05) is 0 Å². The van der Waals surface area contributed by atoms with Crippen molar-refractivity contribution in [3.05, 3.63) is 60.7 Å². The highest BCUT2D eigenvalue weighted by Gasteiger charge is 2.63. The Bertz CT molecular complexity index is 1740. The molecule has 0 saturated carbocycles. The molecule has 11 heteroatoms. The van der Waals surface area contributed by atoms with Gasteiger partial charge in [-0.05, 0) is 113 Å². The lowest BCUT2D eigenvalue weighted by molar-refractivity contribution is -0.410. The van der Waals surface area contributed by atoms with Crippen molar-refractivity contribution in [1.82, 2.24) is 0 Å². The number of carbonyl (C=O) groups is 2. The van der Waals surface area contributed by atoms with Crippen molar-refractivity contribution in [2.45, 2.75) is 206 Å². The molecule has 0 bridgehead atoms. The monoisotopic (exact) mass is 881 g/mol. The predicted molar refractivity (Wildman–Crippen MR) is 241 cm³/mol. The highest BCUT2D eigenvalue weighted by molar-refractivity contribution is 6.34. The number of ketones is 1. The van der Waals surface area contributed by atoms with E-state index >= 15 is 0 Å². The Hall–Kier alpha value is -2.48. The minimum absolute atomic E-state index is 0.0239. The molecule has 2 spiro atoms. The van der Waals surface area contributed by atoms with E-state index < -0.39 is 58.8 Å². The summed E-state index contributed by atoms with van der Waals surface area (Å²) in [5, 5.41) is 35.0. The number of aliphatic hydroxyl groups is 3. The van der Waals surface area contributed by atoms with Gasteiger partial charge in [0.15, 0.2) is 5.79 Å². The summed E-state index contributed by atoms with van der Waals surface area (Å²) in [4.78, 5) is 26.5. The summed E-state index contributed by atoms with van der Waals surface area (Å²) < 4.78 is 39.9. The Morgan fingerprint density at radius 2 is 1.65 bits per heavy atom. The molecule has 5 heterocycles. The topological polar surface area (TPSA) is 150 Å². The number of ether oxygens (including phenoxy) is 6. The van der Waals surface area contributed by atoms with E-state index in [4.69, 9.17) is 28.4 Å². The molecular formula is C52H80O11. The molecule has 5 aliphatic heterocycles. The average molecular weight is 881 g/mol. The molecule has 3 unspecified atom stereocenters. The van der Waals surface area contributed by atoms with Crippen LogP contribution in [0.3, 0.4) is 0 Å². The summed E-state index contributed by atoms with van der Waals surface area (Å²) in [6.45, 7) is 25.0. The third kappa shape index (κ3) is 9.97. The van der Waals surface area contributed by atoms with Gasteiger partial charge in [0.1, 0.15) is 12.7 Å². The van der Waals surface area contributed by atoms with Crippen LogP contribution in [0.15, 0.2) is 55.1 Å². The summed E-state index contributed by atoms with van der Waals surface area (Å²) in [5.41, 5.74) is -0.786. The lowest BCUT2D eigenvalue weighted by Gasteiger charge is -2.55. The van der Waals surface area contributed by atoms with Crippen LogP contribution in [-0.4, -0.2) is 92.6 Å². The molecule has 1 aromatic carbocycles. The second kappa shape index (κ2) is 20.2. The molecule has 4 saturated heterocycles. The molecule has 63 heavy (non-hydrogen) atoms. The van der Waals surface area contributed by atoms with Crippen LogP contribution >= 0.6 is 0 Å². The Morgan fingerprint density at radius 3 is 2.29 bits per heavy atom. The van der Waals surface area contributed by atoms with Crippen LogP contribution in [0, 0.1) is 47.3 Å². The number of benzene rings is 1. The van der Waals surface area contributed by atoms with Gasteiger partial charge in [-0.3, -0.25) is 4.79 Å². The van der Waals surface area contributed by atoms with Gasteiger partial charge >= 0.3 is 5.97 Å². The third-order valence-electron chi connectivity index (χ3n) is 16.5. The molecule has 11 nitrogen and oxygen atoms in total. The van der Waals surface area contributed by atoms with Crippen LogP contribution in [-0.2, 0) is 44.6 Å². The molecule has 19 atom stereocenters. The molecule has 6 rings (SSSR count). The zero-order valence-electron chi connectivity index (χ0n) is 39.9. The maximum atomic E-state index is 13.5. The van der Waals surface area contributed by atoms with Crippen LogP contribution in [0.25, 0.3) is 0 Å². The molecule has 5 aliphatic rings. The van der Waals surface area contributed by atoms with E-state index in [1.807, 2.05) is 77.1 Å². The lowest BCUT2D eigenvalue weighted by atomic mass is 9.68. The van der Waals surface area contributed by atoms with E-state index in [-0.39, 0.29) is 72.4 Å². The van der Waals surface area contributed by atoms with E-state index in [0.717, 1.165) is 24.8 Å². The van der Waals surface area contributed by atoms with Gasteiger partial charge in [-0.2, -0.15) is 0 Å². The van der Waals surface area contributed by atoms with Gasteiger partial charge in [-0.25, -0.2) is 4.79 Å². The second-order valence-corrected chi connectivity index (χ2v) is 20.5. The van der Waals surface area contributed by atoms with Crippen LogP contribution in [0.5, 0.6) is 0 Å². The largest absolute Gasteiger partial charge is 0.455 e. The van der Waals surface area contributed by atoms with Crippen LogP contribution in [0.4, 0.5) is 0 Å². The van der Waals surface area contributed by atoms with Gasteiger partial charge in [0.2, 0.25) is 11.6 Å². The number of hydrogen-bond donors (Lipinski definition) is 3. The highest BCUT2D eigenvalue weighted by atomic mass is 16.8. The molecule has 354 valence electrons. The minimum atomic E-state index is -1.33. The lowest BCUT2D eigenvalue weighted by Crippen LogP contribution is -2.63. The first-order valence-electron chi connectivity index (χ1n) is 24.4. The van der Waals surface area contributed by atoms with Crippen LogP contribution in [0.2, 0.25) is 0 Å². The van der Waals surface area contributed by atoms with Crippen LogP contribution in [0.1, 0.15) is 139 Å². The van der Waals surface area contributed by atoms with Crippen molar-refractivity contribution < 1.29 is 53.3 Å². The van der Waals surface area contributed by atoms with Gasteiger partial charge < -0.3 is 43.7 Å². The third-order valence-corrected chi connectivity index (χ3v) is 16.5. The van der Waals surface area contributed by atoms with Gasteiger partial charge in [0.25, 0.3) is 0 Å². The number of aliphatic hydroxyl groups excluding tert-OH is 2. The molecule has 0 aromatic heterocycles. The van der Waals surface area contributed by atoms with E-state index in [2.05, 4.69) is 41.2 Å². The highest BCUT2D eigenvalue weighted by Crippen LogP contribution is 2.54. The maximum Gasteiger partial charge on any atom is 0.375 e. The van der Waals surface area contributed by atoms with E-state index in [9.17, 15) is 24.9 Å².